The first-order chi connectivity index (χ1) is 14.0. The molecule has 0 aliphatic heterocycles. The monoisotopic (exact) mass is 398 g/mol. The van der Waals surface area contributed by atoms with Gasteiger partial charge >= 0.3 is 12.1 Å². The first-order valence-electron chi connectivity index (χ1n) is 9.23. The van der Waals surface area contributed by atoms with Gasteiger partial charge in [-0.2, -0.15) is 0 Å². The molecule has 1 unspecified atom stereocenters. The molecule has 3 rings (SSSR count). The molecule has 0 fully saturated rings. The lowest BCUT2D eigenvalue weighted by Gasteiger charge is -2.14. The molecule has 8 heteroatoms. The van der Waals surface area contributed by atoms with E-state index in [1.54, 1.807) is 0 Å². The van der Waals surface area contributed by atoms with Crippen LogP contribution in [0.3, 0.4) is 0 Å². The lowest BCUT2D eigenvalue weighted by atomic mass is 9.98. The molecule has 1 aliphatic carbocycles. The van der Waals surface area contributed by atoms with Crippen LogP contribution in [0.1, 0.15) is 23.5 Å². The largest absolute Gasteiger partial charge is 0.479 e. The smallest absolute Gasteiger partial charge is 0.407 e. The molecule has 2 aromatic carbocycles. The van der Waals surface area contributed by atoms with E-state index >= 15 is 0 Å². The quantitative estimate of drug-likeness (QED) is 0.534. The molecule has 8 nitrogen and oxygen atoms in total. The third-order valence-electron chi connectivity index (χ3n) is 4.76. The summed E-state index contributed by atoms with van der Waals surface area (Å²) >= 11 is 0. The molecule has 0 heterocycles. The van der Waals surface area contributed by atoms with Crippen LogP contribution in [0, 0.1) is 0 Å². The van der Waals surface area contributed by atoms with Crippen LogP contribution in [-0.2, 0) is 14.3 Å². The summed E-state index contributed by atoms with van der Waals surface area (Å²) in [7, 11) is 0. The Morgan fingerprint density at radius 1 is 0.966 bits per heavy atom. The van der Waals surface area contributed by atoms with Crippen molar-refractivity contribution in [1.29, 1.82) is 0 Å². The molecule has 29 heavy (non-hydrogen) atoms. The third-order valence-corrected chi connectivity index (χ3v) is 4.76. The number of rotatable bonds is 8. The fourth-order valence-electron chi connectivity index (χ4n) is 3.34. The van der Waals surface area contributed by atoms with E-state index in [-0.39, 0.29) is 32.0 Å². The maximum atomic E-state index is 12.0. The van der Waals surface area contributed by atoms with E-state index in [0.717, 1.165) is 22.3 Å². The van der Waals surface area contributed by atoms with Crippen molar-refractivity contribution in [3.05, 3.63) is 59.7 Å². The van der Waals surface area contributed by atoms with Gasteiger partial charge in [0, 0.05) is 18.9 Å². The average Bonchev–Trinajstić information content (AvgIpc) is 3.04. The molecular formula is C21H22N2O6. The molecule has 0 saturated heterocycles. The predicted molar refractivity (Wildman–Crippen MR) is 104 cm³/mol. The number of alkyl carbamates (subject to hydrolysis) is 1. The first-order valence-corrected chi connectivity index (χ1v) is 9.23. The Balaban J connectivity index is 1.46. The standard InChI is InChI=1S/C21H22N2O6/c24-18(20(26)27)9-10-22-19(25)11-23-21(28)29-12-17-15-7-3-1-5-13(15)14-6-2-4-8-16(14)17/h1-8,17-18,24H,9-12H2,(H,22,25)(H,23,28)(H,26,27). The van der Waals surface area contributed by atoms with Gasteiger partial charge in [0.15, 0.2) is 6.10 Å². The van der Waals surface area contributed by atoms with E-state index in [4.69, 9.17) is 14.9 Å². The van der Waals surface area contributed by atoms with Crippen LogP contribution in [0.5, 0.6) is 0 Å². The number of carboxylic acids is 1. The maximum absolute atomic E-state index is 12.0. The average molecular weight is 398 g/mol. The van der Waals surface area contributed by atoms with Crippen molar-refractivity contribution in [3.63, 3.8) is 0 Å². The minimum absolute atomic E-state index is 0.0152. The van der Waals surface area contributed by atoms with Crippen LogP contribution in [0.4, 0.5) is 4.79 Å². The summed E-state index contributed by atoms with van der Waals surface area (Å²) in [6.45, 7) is -0.176. The lowest BCUT2D eigenvalue weighted by molar-refractivity contribution is -0.147. The van der Waals surface area contributed by atoms with Crippen LogP contribution < -0.4 is 10.6 Å². The molecule has 0 aromatic heterocycles. The van der Waals surface area contributed by atoms with Crippen molar-refractivity contribution in [2.24, 2.45) is 0 Å². The van der Waals surface area contributed by atoms with Crippen LogP contribution in [0.25, 0.3) is 11.1 Å². The van der Waals surface area contributed by atoms with Crippen LogP contribution in [0.15, 0.2) is 48.5 Å². The third kappa shape index (κ3) is 4.91. The Kier molecular flexibility index (Phi) is 6.46. The van der Waals surface area contributed by atoms with Crippen molar-refractivity contribution < 1.29 is 29.3 Å². The van der Waals surface area contributed by atoms with E-state index < -0.39 is 24.1 Å². The number of carboxylic acid groups (broad SMARTS) is 1. The van der Waals surface area contributed by atoms with Crippen molar-refractivity contribution in [2.75, 3.05) is 19.7 Å². The highest BCUT2D eigenvalue weighted by molar-refractivity contribution is 5.82. The number of fused-ring (bicyclic) bond motifs is 3. The zero-order valence-electron chi connectivity index (χ0n) is 15.6. The summed E-state index contributed by atoms with van der Waals surface area (Å²) in [4.78, 5) is 34.1. The fraction of sp³-hybridized carbons (Fsp3) is 0.286. The minimum atomic E-state index is -1.54. The highest BCUT2D eigenvalue weighted by Crippen LogP contribution is 2.44. The number of nitrogens with one attached hydrogen (secondary N) is 2. The number of aliphatic hydroxyl groups excluding tert-OH is 1. The number of amides is 2. The van der Waals surface area contributed by atoms with Crippen molar-refractivity contribution in [2.45, 2.75) is 18.4 Å². The molecule has 2 aromatic rings. The van der Waals surface area contributed by atoms with Gasteiger partial charge in [-0.3, -0.25) is 4.79 Å². The second-order valence-corrected chi connectivity index (χ2v) is 6.67. The van der Waals surface area contributed by atoms with Gasteiger partial charge < -0.3 is 25.6 Å². The zero-order valence-corrected chi connectivity index (χ0v) is 15.6. The number of benzene rings is 2. The summed E-state index contributed by atoms with van der Waals surface area (Å²) in [5, 5.41) is 22.5. The Morgan fingerprint density at radius 3 is 2.14 bits per heavy atom. The molecule has 152 valence electrons. The predicted octanol–water partition coefficient (Wildman–Crippen LogP) is 1.48. The molecule has 2 amide bonds. The molecular weight excluding hydrogens is 376 g/mol. The van der Waals surface area contributed by atoms with E-state index in [9.17, 15) is 14.4 Å². The number of hydrogen-bond donors (Lipinski definition) is 4. The van der Waals surface area contributed by atoms with E-state index in [2.05, 4.69) is 10.6 Å². The number of aliphatic hydroxyl groups is 1. The van der Waals surface area contributed by atoms with E-state index in [0.29, 0.717) is 0 Å². The molecule has 4 N–H and O–H groups in total. The summed E-state index contributed by atoms with van der Waals surface area (Å²) in [5.41, 5.74) is 4.44. The Labute approximate surface area is 167 Å². The van der Waals surface area contributed by atoms with E-state index in [1.165, 1.54) is 0 Å². The summed E-state index contributed by atoms with van der Waals surface area (Å²) in [6.07, 6.45) is -2.37. The van der Waals surface area contributed by atoms with Gasteiger partial charge in [-0.15, -0.1) is 0 Å². The van der Waals surface area contributed by atoms with Crippen LogP contribution in [0.2, 0.25) is 0 Å². The molecule has 0 bridgehead atoms. The van der Waals surface area contributed by atoms with Crippen molar-refractivity contribution in [3.8, 4) is 11.1 Å². The normalized spacial score (nSPS) is 13.1. The first kappa shape index (κ1) is 20.3. The maximum Gasteiger partial charge on any atom is 0.407 e. The highest BCUT2D eigenvalue weighted by atomic mass is 16.5. The number of hydrogen-bond acceptors (Lipinski definition) is 5. The summed E-state index contributed by atoms with van der Waals surface area (Å²) in [6, 6.07) is 16.0. The lowest BCUT2D eigenvalue weighted by Crippen LogP contribution is -2.39. The van der Waals surface area contributed by atoms with Gasteiger partial charge in [0.2, 0.25) is 5.91 Å². The SMILES string of the molecule is O=C(CNC(=O)OCC1c2ccccc2-c2ccccc21)NCCC(O)C(=O)O. The molecule has 0 radical (unpaired) electrons. The van der Waals surface area contributed by atoms with Gasteiger partial charge in [0.25, 0.3) is 0 Å². The van der Waals surface area contributed by atoms with E-state index in [1.807, 2.05) is 48.5 Å². The number of carbonyl (C=O) groups excluding carboxylic acids is 2. The van der Waals surface area contributed by atoms with Crippen molar-refractivity contribution >= 4 is 18.0 Å². The van der Waals surface area contributed by atoms with Crippen LogP contribution in [-0.4, -0.2) is 54.0 Å². The van der Waals surface area contributed by atoms with Gasteiger partial charge in [-0.25, -0.2) is 9.59 Å². The number of ether oxygens (including phenoxy) is 1. The van der Waals surface area contributed by atoms with Gasteiger partial charge in [-0.05, 0) is 22.3 Å². The molecule has 1 atom stereocenters. The Morgan fingerprint density at radius 2 is 1.55 bits per heavy atom. The molecule has 0 spiro atoms. The topological polar surface area (TPSA) is 125 Å². The Bertz CT molecular complexity index is 868. The van der Waals surface area contributed by atoms with Gasteiger partial charge in [-0.1, -0.05) is 48.5 Å². The highest BCUT2D eigenvalue weighted by Gasteiger charge is 2.29. The van der Waals surface area contributed by atoms with Crippen molar-refractivity contribution in [1.82, 2.24) is 10.6 Å². The fourth-order valence-corrected chi connectivity index (χ4v) is 3.34. The zero-order chi connectivity index (χ0) is 20.8. The minimum Gasteiger partial charge on any atom is -0.479 e. The second-order valence-electron chi connectivity index (χ2n) is 6.67. The second kappa shape index (κ2) is 9.20. The summed E-state index contributed by atoms with van der Waals surface area (Å²) in [5.74, 6) is -1.92. The van der Waals surface area contributed by atoms with Gasteiger partial charge in [0.05, 0.1) is 6.54 Å². The van der Waals surface area contributed by atoms with Crippen LogP contribution >= 0.6 is 0 Å². The summed E-state index contributed by atoms with van der Waals surface area (Å²) < 4.78 is 5.32. The number of carbonyl (C=O) groups is 3. The number of aliphatic carboxylic acids is 1. The van der Waals surface area contributed by atoms with Gasteiger partial charge in [0.1, 0.15) is 6.61 Å². The molecule has 1 aliphatic rings. The molecule has 0 saturated carbocycles. The Hall–Kier alpha value is -3.39.